The fraction of sp³-hybridized carbons (Fsp3) is 0.500. The summed E-state index contributed by atoms with van der Waals surface area (Å²) in [5.74, 6) is -0.541. The van der Waals surface area contributed by atoms with Crippen LogP contribution in [0.1, 0.15) is 34.1 Å². The minimum absolute atomic E-state index is 0.140. The quantitative estimate of drug-likeness (QED) is 0.749. The van der Waals surface area contributed by atoms with Gasteiger partial charge in [0.05, 0.1) is 0 Å². The molecule has 3 nitrogen and oxygen atoms in total. The molecule has 1 aliphatic rings. The second-order valence-electron chi connectivity index (χ2n) is 4.20. The van der Waals surface area contributed by atoms with Crippen molar-refractivity contribution in [2.24, 2.45) is 0 Å². The van der Waals surface area contributed by atoms with E-state index in [4.69, 9.17) is 0 Å². The number of Topliss-reactive ketones (excluding diaryl/α,β-unsaturated/α-hetero) is 2. The van der Waals surface area contributed by atoms with Crippen LogP contribution in [-0.4, -0.2) is 22.3 Å². The third-order valence-corrected chi connectivity index (χ3v) is 2.90. The van der Waals surface area contributed by atoms with E-state index in [0.29, 0.717) is 11.1 Å². The summed E-state index contributed by atoms with van der Waals surface area (Å²) in [7, 11) is 0. The van der Waals surface area contributed by atoms with E-state index in [0.717, 1.165) is 5.57 Å². The van der Waals surface area contributed by atoms with Crippen LogP contribution in [0.15, 0.2) is 22.8 Å². The molecule has 0 bridgehead atoms. The van der Waals surface area contributed by atoms with Crippen molar-refractivity contribution in [1.29, 1.82) is 0 Å². The highest BCUT2D eigenvalue weighted by Gasteiger charge is 2.41. The lowest BCUT2D eigenvalue weighted by molar-refractivity contribution is -0.135. The van der Waals surface area contributed by atoms with Crippen molar-refractivity contribution in [3.8, 4) is 0 Å². The number of aliphatic hydroxyl groups is 1. The van der Waals surface area contributed by atoms with Gasteiger partial charge in [0.1, 0.15) is 5.78 Å². The molecule has 82 valence electrons. The molecule has 0 spiro atoms. The number of hydrogen-bond acceptors (Lipinski definition) is 3. The molecular weight excluding hydrogens is 192 g/mol. The van der Waals surface area contributed by atoms with Crippen LogP contribution in [0.5, 0.6) is 0 Å². The number of allylic oxidation sites excluding steroid dienone is 2. The van der Waals surface area contributed by atoms with Crippen molar-refractivity contribution < 1.29 is 14.7 Å². The van der Waals surface area contributed by atoms with Crippen LogP contribution >= 0.6 is 0 Å². The third-order valence-electron chi connectivity index (χ3n) is 2.90. The van der Waals surface area contributed by atoms with Gasteiger partial charge in [-0.1, -0.05) is 6.08 Å². The van der Waals surface area contributed by atoms with E-state index in [1.807, 2.05) is 6.92 Å². The molecule has 0 saturated heterocycles. The maximum atomic E-state index is 11.9. The summed E-state index contributed by atoms with van der Waals surface area (Å²) in [6.45, 7) is 6.55. The SMILES string of the molecule is CC(=O)C[C@@]1(O)C(=O)C(C)=C(C)C=C1C. The van der Waals surface area contributed by atoms with Gasteiger partial charge in [-0.25, -0.2) is 0 Å². The Morgan fingerprint density at radius 3 is 2.40 bits per heavy atom. The van der Waals surface area contributed by atoms with Gasteiger partial charge < -0.3 is 5.11 Å². The molecule has 1 aliphatic carbocycles. The molecule has 1 rings (SSSR count). The Hall–Kier alpha value is -1.22. The normalized spacial score (nSPS) is 26.7. The first-order valence-electron chi connectivity index (χ1n) is 4.92. The largest absolute Gasteiger partial charge is 0.377 e. The Morgan fingerprint density at radius 1 is 1.40 bits per heavy atom. The smallest absolute Gasteiger partial charge is 0.194 e. The fourth-order valence-electron chi connectivity index (χ4n) is 1.80. The predicted octanol–water partition coefficient (Wildman–Crippen LogP) is 1.56. The first-order chi connectivity index (χ1) is 6.79. The van der Waals surface area contributed by atoms with Gasteiger partial charge in [0, 0.05) is 6.42 Å². The number of ketones is 2. The molecule has 0 amide bonds. The van der Waals surface area contributed by atoms with Crippen LogP contribution in [0.3, 0.4) is 0 Å². The number of hydrogen-bond donors (Lipinski definition) is 1. The van der Waals surface area contributed by atoms with E-state index in [1.165, 1.54) is 6.92 Å². The van der Waals surface area contributed by atoms with Crippen LogP contribution in [0.2, 0.25) is 0 Å². The van der Waals surface area contributed by atoms with Crippen LogP contribution in [0.25, 0.3) is 0 Å². The van der Waals surface area contributed by atoms with Gasteiger partial charge in [0.2, 0.25) is 0 Å². The Morgan fingerprint density at radius 2 is 1.93 bits per heavy atom. The van der Waals surface area contributed by atoms with Crippen molar-refractivity contribution in [2.75, 3.05) is 0 Å². The molecular formula is C12H16O3. The Kier molecular flexibility index (Phi) is 2.95. The fourth-order valence-corrected chi connectivity index (χ4v) is 1.80. The van der Waals surface area contributed by atoms with Crippen LogP contribution in [-0.2, 0) is 9.59 Å². The summed E-state index contributed by atoms with van der Waals surface area (Å²) in [5, 5.41) is 10.2. The predicted molar refractivity (Wildman–Crippen MR) is 57.4 cm³/mol. The summed E-state index contributed by atoms with van der Waals surface area (Å²) in [4.78, 5) is 22.9. The molecule has 0 radical (unpaired) electrons. The summed E-state index contributed by atoms with van der Waals surface area (Å²) in [6.07, 6.45) is 1.62. The summed E-state index contributed by atoms with van der Waals surface area (Å²) in [5.41, 5.74) is 0.316. The van der Waals surface area contributed by atoms with Crippen LogP contribution in [0.4, 0.5) is 0 Å². The summed E-state index contributed by atoms with van der Waals surface area (Å²) < 4.78 is 0. The lowest BCUT2D eigenvalue weighted by Gasteiger charge is -2.31. The zero-order valence-corrected chi connectivity index (χ0v) is 9.55. The maximum Gasteiger partial charge on any atom is 0.194 e. The van der Waals surface area contributed by atoms with Gasteiger partial charge in [0.25, 0.3) is 0 Å². The highest BCUT2D eigenvalue weighted by molar-refractivity contribution is 6.07. The first-order valence-corrected chi connectivity index (χ1v) is 4.92. The van der Waals surface area contributed by atoms with E-state index in [2.05, 4.69) is 0 Å². The van der Waals surface area contributed by atoms with Crippen molar-refractivity contribution >= 4 is 11.6 Å². The Balaban J connectivity index is 3.19. The molecule has 0 aromatic carbocycles. The van der Waals surface area contributed by atoms with E-state index >= 15 is 0 Å². The monoisotopic (exact) mass is 208 g/mol. The third kappa shape index (κ3) is 1.92. The topological polar surface area (TPSA) is 54.4 Å². The van der Waals surface area contributed by atoms with Crippen molar-refractivity contribution in [1.82, 2.24) is 0 Å². The van der Waals surface area contributed by atoms with Crippen molar-refractivity contribution in [2.45, 2.75) is 39.7 Å². The zero-order chi connectivity index (χ0) is 11.8. The standard InChI is InChI=1S/C12H16O3/c1-7-5-8(2)12(15,6-9(3)13)11(14)10(7)4/h5,15H,6H2,1-4H3/t12-/m0/s1. The molecule has 0 saturated carbocycles. The van der Waals surface area contributed by atoms with Gasteiger partial charge in [-0.3, -0.25) is 9.59 Å². The number of carbonyl (C=O) groups excluding carboxylic acids is 2. The van der Waals surface area contributed by atoms with Crippen molar-refractivity contribution in [3.05, 3.63) is 22.8 Å². The average Bonchev–Trinajstić information content (AvgIpc) is 2.11. The first kappa shape index (κ1) is 11.9. The highest BCUT2D eigenvalue weighted by Crippen LogP contribution is 2.32. The van der Waals surface area contributed by atoms with Gasteiger partial charge in [-0.15, -0.1) is 0 Å². The molecule has 0 fully saturated rings. The molecule has 1 N–H and O–H groups in total. The lowest BCUT2D eigenvalue weighted by Crippen LogP contribution is -2.44. The Labute approximate surface area is 89.5 Å². The molecule has 15 heavy (non-hydrogen) atoms. The minimum Gasteiger partial charge on any atom is -0.377 e. The van der Waals surface area contributed by atoms with E-state index < -0.39 is 5.60 Å². The average molecular weight is 208 g/mol. The Bertz CT molecular complexity index is 384. The highest BCUT2D eigenvalue weighted by atomic mass is 16.3. The van der Waals surface area contributed by atoms with Crippen LogP contribution in [0, 0.1) is 0 Å². The van der Waals surface area contributed by atoms with Gasteiger partial charge in [-0.2, -0.15) is 0 Å². The number of rotatable bonds is 2. The molecule has 0 aliphatic heterocycles. The molecule has 0 aromatic rings. The molecule has 3 heteroatoms. The summed E-state index contributed by atoms with van der Waals surface area (Å²) >= 11 is 0. The van der Waals surface area contributed by atoms with Gasteiger partial charge >= 0.3 is 0 Å². The maximum absolute atomic E-state index is 11.9. The second-order valence-corrected chi connectivity index (χ2v) is 4.20. The molecule has 0 unspecified atom stereocenters. The van der Waals surface area contributed by atoms with Crippen LogP contribution < -0.4 is 0 Å². The molecule has 1 atom stereocenters. The molecule has 0 aromatic heterocycles. The minimum atomic E-state index is -1.62. The number of carbonyl (C=O) groups is 2. The zero-order valence-electron chi connectivity index (χ0n) is 9.55. The second kappa shape index (κ2) is 3.74. The van der Waals surface area contributed by atoms with E-state index in [1.54, 1.807) is 19.9 Å². The van der Waals surface area contributed by atoms with Gasteiger partial charge in [0.15, 0.2) is 11.4 Å². The lowest BCUT2D eigenvalue weighted by atomic mass is 9.77. The van der Waals surface area contributed by atoms with Gasteiger partial charge in [-0.05, 0) is 44.4 Å². The van der Waals surface area contributed by atoms with Crippen molar-refractivity contribution in [3.63, 3.8) is 0 Å². The molecule has 0 heterocycles. The van der Waals surface area contributed by atoms with E-state index in [-0.39, 0.29) is 18.0 Å². The summed E-state index contributed by atoms with van der Waals surface area (Å²) in [6, 6.07) is 0. The van der Waals surface area contributed by atoms with E-state index in [9.17, 15) is 14.7 Å².